The Morgan fingerprint density at radius 1 is 1.09 bits per heavy atom. The van der Waals surface area contributed by atoms with E-state index in [0.29, 0.717) is 27.0 Å². The number of halogens is 1. The Bertz CT molecular complexity index is 1290. The highest BCUT2D eigenvalue weighted by molar-refractivity contribution is 8.18. The number of carbonyl (C=O) groups is 2. The van der Waals surface area contributed by atoms with Crippen LogP contribution in [0.2, 0.25) is 5.02 Å². The van der Waals surface area contributed by atoms with Crippen LogP contribution in [0.4, 0.5) is 0 Å². The zero-order valence-corrected chi connectivity index (χ0v) is 19.0. The summed E-state index contributed by atoms with van der Waals surface area (Å²) in [6.45, 7) is 1.77. The smallest absolute Gasteiger partial charge is 0.344 e. The molecule has 1 aliphatic rings. The molecule has 1 N–H and O–H groups in total. The molecule has 0 spiro atoms. The molecular weight excluding hydrogens is 462 g/mol. The maximum absolute atomic E-state index is 12.6. The maximum atomic E-state index is 12.6. The van der Waals surface area contributed by atoms with Crippen molar-refractivity contribution in [2.75, 3.05) is 6.61 Å². The van der Waals surface area contributed by atoms with Crippen LogP contribution >= 0.6 is 23.4 Å². The van der Waals surface area contributed by atoms with Gasteiger partial charge in [0.25, 0.3) is 5.91 Å². The van der Waals surface area contributed by atoms with Gasteiger partial charge in [0.1, 0.15) is 27.9 Å². The molecular formula is C25H18ClNO5S. The lowest BCUT2D eigenvalue weighted by atomic mass is 10.2. The molecule has 0 unspecified atom stereocenters. The van der Waals surface area contributed by atoms with Gasteiger partial charge in [0.15, 0.2) is 0 Å². The van der Waals surface area contributed by atoms with Gasteiger partial charge in [-0.15, -0.1) is 0 Å². The molecule has 3 aromatic rings. The second-order valence-electron chi connectivity index (χ2n) is 6.85. The zero-order valence-electron chi connectivity index (χ0n) is 17.4. The molecule has 166 valence electrons. The fraction of sp³-hybridized carbons (Fsp3) is 0.0800. The van der Waals surface area contributed by atoms with E-state index < -0.39 is 11.9 Å². The molecule has 0 radical (unpaired) electrons. The zero-order chi connectivity index (χ0) is 23.4. The molecule has 4 rings (SSSR count). The van der Waals surface area contributed by atoms with Crippen molar-refractivity contribution in [1.82, 2.24) is 0 Å². The minimum absolute atomic E-state index is 0.0653. The lowest BCUT2D eigenvalue weighted by molar-refractivity contribution is -0.138. The third kappa shape index (κ3) is 5.10. The Hall–Kier alpha value is -3.55. The number of amides is 1. The molecule has 1 aliphatic heterocycles. The SMILES string of the molecule is CCOC(=O)C1=C(O)/C(=C\c2ccc(-c3ccc(Cl)cc3)o2)SC1=NC(=O)c1ccccc1. The summed E-state index contributed by atoms with van der Waals surface area (Å²) in [6, 6.07) is 19.2. The molecule has 2 aromatic carbocycles. The van der Waals surface area contributed by atoms with Crippen LogP contribution in [0.1, 0.15) is 23.0 Å². The molecule has 0 aliphatic carbocycles. The second kappa shape index (κ2) is 9.94. The average Bonchev–Trinajstić information content (AvgIpc) is 3.40. The van der Waals surface area contributed by atoms with Gasteiger partial charge in [-0.3, -0.25) is 4.79 Å². The summed E-state index contributed by atoms with van der Waals surface area (Å²) in [7, 11) is 0. The molecule has 0 bridgehead atoms. The Morgan fingerprint density at radius 3 is 2.52 bits per heavy atom. The quantitative estimate of drug-likeness (QED) is 0.432. The number of hydrogen-bond donors (Lipinski definition) is 1. The summed E-state index contributed by atoms with van der Waals surface area (Å²) >= 11 is 6.93. The van der Waals surface area contributed by atoms with E-state index in [1.165, 1.54) is 0 Å². The summed E-state index contributed by atoms with van der Waals surface area (Å²) in [5, 5.41) is 11.4. The van der Waals surface area contributed by atoms with Gasteiger partial charge < -0.3 is 14.3 Å². The lowest BCUT2D eigenvalue weighted by Crippen LogP contribution is -2.14. The van der Waals surface area contributed by atoms with Gasteiger partial charge in [0, 0.05) is 16.1 Å². The largest absolute Gasteiger partial charge is 0.506 e. The Kier molecular flexibility index (Phi) is 6.82. The van der Waals surface area contributed by atoms with Crippen LogP contribution in [-0.2, 0) is 9.53 Å². The predicted molar refractivity (Wildman–Crippen MR) is 129 cm³/mol. The summed E-state index contributed by atoms with van der Waals surface area (Å²) in [5.74, 6) is -0.539. The first-order chi connectivity index (χ1) is 16.0. The first-order valence-corrected chi connectivity index (χ1v) is 11.2. The highest BCUT2D eigenvalue weighted by atomic mass is 35.5. The summed E-state index contributed by atoms with van der Waals surface area (Å²) in [4.78, 5) is 29.5. The standard InChI is InChI=1S/C25H18ClNO5S/c1-2-31-25(30)21-22(28)20(33-24(21)27-23(29)16-6-4-3-5-7-16)14-18-12-13-19(32-18)15-8-10-17(26)11-9-15/h3-14,28H,2H2,1H3/b20-14+,27-24?. The average molecular weight is 480 g/mol. The van der Waals surface area contributed by atoms with E-state index in [1.54, 1.807) is 67.6 Å². The molecule has 0 fully saturated rings. The number of benzene rings is 2. The number of aliphatic imine (C=N–C) groups is 1. The lowest BCUT2D eigenvalue weighted by Gasteiger charge is -2.03. The fourth-order valence-corrected chi connectivity index (χ4v) is 4.18. The number of aliphatic hydroxyl groups is 1. The van der Waals surface area contributed by atoms with Crippen molar-refractivity contribution in [2.24, 2.45) is 4.99 Å². The minimum atomic E-state index is -0.758. The number of furan rings is 1. The van der Waals surface area contributed by atoms with Crippen LogP contribution < -0.4 is 0 Å². The minimum Gasteiger partial charge on any atom is -0.506 e. The topological polar surface area (TPSA) is 89.1 Å². The number of aliphatic hydroxyl groups excluding tert-OH is 1. The van der Waals surface area contributed by atoms with Crippen molar-refractivity contribution in [1.29, 1.82) is 0 Å². The van der Waals surface area contributed by atoms with E-state index in [4.69, 9.17) is 20.8 Å². The van der Waals surface area contributed by atoms with E-state index >= 15 is 0 Å². The molecule has 1 aromatic heterocycles. The number of carbonyl (C=O) groups excluding carboxylic acids is 2. The monoisotopic (exact) mass is 479 g/mol. The van der Waals surface area contributed by atoms with Gasteiger partial charge in [-0.2, -0.15) is 0 Å². The van der Waals surface area contributed by atoms with Gasteiger partial charge in [0.05, 0.1) is 11.5 Å². The van der Waals surface area contributed by atoms with Crippen LogP contribution in [0.5, 0.6) is 0 Å². The van der Waals surface area contributed by atoms with E-state index in [0.717, 1.165) is 17.3 Å². The van der Waals surface area contributed by atoms with Gasteiger partial charge in [-0.1, -0.05) is 41.6 Å². The summed E-state index contributed by atoms with van der Waals surface area (Å²) < 4.78 is 10.9. The van der Waals surface area contributed by atoms with Crippen LogP contribution in [-0.4, -0.2) is 28.6 Å². The maximum Gasteiger partial charge on any atom is 0.344 e. The van der Waals surface area contributed by atoms with Crippen LogP contribution in [0.15, 0.2) is 92.4 Å². The van der Waals surface area contributed by atoms with Crippen molar-refractivity contribution in [3.8, 4) is 11.3 Å². The second-order valence-corrected chi connectivity index (χ2v) is 8.32. The number of ether oxygens (including phenoxy) is 1. The van der Waals surface area contributed by atoms with Crippen molar-refractivity contribution in [3.63, 3.8) is 0 Å². The van der Waals surface area contributed by atoms with Crippen molar-refractivity contribution < 1.29 is 23.8 Å². The molecule has 6 nitrogen and oxygen atoms in total. The van der Waals surface area contributed by atoms with Crippen LogP contribution in [0.25, 0.3) is 17.4 Å². The number of rotatable bonds is 5. The molecule has 2 heterocycles. The number of thioether (sulfide) groups is 1. The number of esters is 1. The summed E-state index contributed by atoms with van der Waals surface area (Å²) in [6.07, 6.45) is 1.58. The number of nitrogens with zero attached hydrogens (tertiary/aromatic N) is 1. The third-order valence-electron chi connectivity index (χ3n) is 4.62. The van der Waals surface area contributed by atoms with E-state index in [1.807, 2.05) is 12.1 Å². The van der Waals surface area contributed by atoms with Gasteiger partial charge in [0.2, 0.25) is 0 Å². The van der Waals surface area contributed by atoms with Crippen LogP contribution in [0, 0.1) is 0 Å². The van der Waals surface area contributed by atoms with Crippen molar-refractivity contribution in [3.05, 3.63) is 99.3 Å². The first kappa shape index (κ1) is 22.6. The van der Waals surface area contributed by atoms with Gasteiger partial charge in [-0.25, -0.2) is 9.79 Å². The highest BCUT2D eigenvalue weighted by Gasteiger charge is 2.34. The normalized spacial score (nSPS) is 15.9. The van der Waals surface area contributed by atoms with Crippen molar-refractivity contribution in [2.45, 2.75) is 6.92 Å². The molecule has 8 heteroatoms. The van der Waals surface area contributed by atoms with E-state index in [-0.39, 0.29) is 23.0 Å². The van der Waals surface area contributed by atoms with Gasteiger partial charge in [-0.05, 0) is 61.5 Å². The van der Waals surface area contributed by atoms with Crippen LogP contribution in [0.3, 0.4) is 0 Å². The van der Waals surface area contributed by atoms with Crippen molar-refractivity contribution >= 4 is 46.4 Å². The van der Waals surface area contributed by atoms with Gasteiger partial charge >= 0.3 is 5.97 Å². The number of hydrogen-bond acceptors (Lipinski definition) is 6. The summed E-state index contributed by atoms with van der Waals surface area (Å²) in [5.41, 5.74) is 1.05. The Morgan fingerprint density at radius 2 is 1.82 bits per heavy atom. The molecule has 33 heavy (non-hydrogen) atoms. The molecule has 0 saturated heterocycles. The Balaban J connectivity index is 1.67. The predicted octanol–water partition coefficient (Wildman–Crippen LogP) is 6.30. The van der Waals surface area contributed by atoms with E-state index in [9.17, 15) is 14.7 Å². The molecule has 0 atom stereocenters. The fourth-order valence-electron chi connectivity index (χ4n) is 3.06. The Labute approximate surface area is 199 Å². The molecule has 0 saturated carbocycles. The third-order valence-corrected chi connectivity index (χ3v) is 5.89. The highest BCUT2D eigenvalue weighted by Crippen LogP contribution is 2.40. The van der Waals surface area contributed by atoms with E-state index in [2.05, 4.69) is 4.99 Å². The first-order valence-electron chi connectivity index (χ1n) is 10.0. The molecule has 1 amide bonds.